The van der Waals surface area contributed by atoms with Crippen LogP contribution in [-0.2, 0) is 4.79 Å². The zero-order valence-corrected chi connectivity index (χ0v) is 8.11. The number of carbonyl (C=O) groups excluding carboxylic acids is 1. The SMILES string of the molecule is C[Si](C)(C)CCCNC=O. The Hall–Kier alpha value is -0.313. The van der Waals surface area contributed by atoms with Gasteiger partial charge in [0.15, 0.2) is 0 Å². The monoisotopic (exact) mass is 159 g/mol. The molecule has 0 aliphatic carbocycles. The van der Waals surface area contributed by atoms with Gasteiger partial charge in [-0.15, -0.1) is 0 Å². The first-order valence-corrected chi connectivity index (χ1v) is 7.44. The van der Waals surface area contributed by atoms with Crippen LogP contribution in [0.25, 0.3) is 0 Å². The standard InChI is InChI=1S/C7H17NOSi/c1-10(2,3)6-4-5-8-7-9/h7H,4-6H2,1-3H3,(H,8,9). The molecule has 0 heterocycles. The van der Waals surface area contributed by atoms with E-state index in [4.69, 9.17) is 0 Å². The molecule has 0 saturated carbocycles. The van der Waals surface area contributed by atoms with Crippen LogP contribution in [0.15, 0.2) is 0 Å². The van der Waals surface area contributed by atoms with Crippen molar-refractivity contribution in [2.24, 2.45) is 0 Å². The van der Waals surface area contributed by atoms with Crippen molar-refractivity contribution in [3.05, 3.63) is 0 Å². The maximum absolute atomic E-state index is 9.83. The Morgan fingerprint density at radius 3 is 2.40 bits per heavy atom. The molecule has 0 radical (unpaired) electrons. The molecule has 0 atom stereocenters. The van der Waals surface area contributed by atoms with Gasteiger partial charge in [-0.3, -0.25) is 4.79 Å². The van der Waals surface area contributed by atoms with Crippen molar-refractivity contribution >= 4 is 14.5 Å². The molecule has 10 heavy (non-hydrogen) atoms. The highest BCUT2D eigenvalue weighted by molar-refractivity contribution is 6.76. The zero-order chi connectivity index (χ0) is 8.04. The minimum Gasteiger partial charge on any atom is -0.359 e. The van der Waals surface area contributed by atoms with Gasteiger partial charge in [-0.2, -0.15) is 0 Å². The molecule has 0 aliphatic rings. The van der Waals surface area contributed by atoms with Crippen molar-refractivity contribution in [1.82, 2.24) is 5.32 Å². The summed E-state index contributed by atoms with van der Waals surface area (Å²) in [5.41, 5.74) is 0. The summed E-state index contributed by atoms with van der Waals surface area (Å²) in [6, 6.07) is 1.30. The maximum Gasteiger partial charge on any atom is 0.207 e. The van der Waals surface area contributed by atoms with E-state index in [1.54, 1.807) is 0 Å². The summed E-state index contributed by atoms with van der Waals surface area (Å²) < 4.78 is 0. The lowest BCUT2D eigenvalue weighted by Crippen LogP contribution is -2.22. The van der Waals surface area contributed by atoms with E-state index in [2.05, 4.69) is 25.0 Å². The Morgan fingerprint density at radius 2 is 2.00 bits per heavy atom. The fraction of sp³-hybridized carbons (Fsp3) is 0.857. The molecule has 0 fully saturated rings. The summed E-state index contributed by atoms with van der Waals surface area (Å²) in [7, 11) is -0.863. The molecular formula is C7H17NOSi. The van der Waals surface area contributed by atoms with E-state index in [0.29, 0.717) is 0 Å². The highest BCUT2D eigenvalue weighted by atomic mass is 28.3. The van der Waals surface area contributed by atoms with Gasteiger partial charge in [-0.25, -0.2) is 0 Å². The van der Waals surface area contributed by atoms with E-state index >= 15 is 0 Å². The summed E-state index contributed by atoms with van der Waals surface area (Å²) in [5.74, 6) is 0. The molecular weight excluding hydrogens is 142 g/mol. The fourth-order valence-corrected chi connectivity index (χ4v) is 2.02. The molecule has 1 amide bonds. The molecule has 2 nitrogen and oxygen atoms in total. The zero-order valence-electron chi connectivity index (χ0n) is 7.11. The molecule has 0 aliphatic heterocycles. The molecule has 0 rings (SSSR count). The van der Waals surface area contributed by atoms with Crippen molar-refractivity contribution < 1.29 is 4.79 Å². The van der Waals surface area contributed by atoms with Crippen molar-refractivity contribution in [1.29, 1.82) is 0 Å². The maximum atomic E-state index is 9.83. The molecule has 0 saturated heterocycles. The van der Waals surface area contributed by atoms with Crippen molar-refractivity contribution in [3.63, 3.8) is 0 Å². The Morgan fingerprint density at radius 1 is 1.40 bits per heavy atom. The highest BCUT2D eigenvalue weighted by Gasteiger charge is 2.10. The van der Waals surface area contributed by atoms with Crippen LogP contribution in [0.4, 0.5) is 0 Å². The summed E-state index contributed by atoms with van der Waals surface area (Å²) >= 11 is 0. The van der Waals surface area contributed by atoms with Crippen LogP contribution in [-0.4, -0.2) is 21.0 Å². The van der Waals surface area contributed by atoms with Gasteiger partial charge in [0.2, 0.25) is 6.41 Å². The predicted molar refractivity (Wildman–Crippen MR) is 46.8 cm³/mol. The summed E-state index contributed by atoms with van der Waals surface area (Å²) in [5, 5.41) is 2.66. The Bertz CT molecular complexity index is 98.3. The second-order valence-electron chi connectivity index (χ2n) is 3.74. The van der Waals surface area contributed by atoms with Gasteiger partial charge in [0.05, 0.1) is 0 Å². The molecule has 0 aromatic rings. The van der Waals surface area contributed by atoms with Crippen LogP contribution in [0.2, 0.25) is 25.7 Å². The average molecular weight is 159 g/mol. The van der Waals surface area contributed by atoms with Crippen LogP contribution < -0.4 is 5.32 Å². The van der Waals surface area contributed by atoms with Crippen LogP contribution in [0.5, 0.6) is 0 Å². The lowest BCUT2D eigenvalue weighted by Gasteiger charge is -2.14. The topological polar surface area (TPSA) is 29.1 Å². The van der Waals surface area contributed by atoms with Crippen LogP contribution in [0.1, 0.15) is 6.42 Å². The molecule has 0 bridgehead atoms. The number of hydrogen-bond donors (Lipinski definition) is 1. The number of hydrogen-bond acceptors (Lipinski definition) is 1. The second-order valence-corrected chi connectivity index (χ2v) is 9.36. The molecule has 0 aromatic heterocycles. The number of amides is 1. The molecule has 0 aromatic carbocycles. The van der Waals surface area contributed by atoms with E-state index in [9.17, 15) is 4.79 Å². The highest BCUT2D eigenvalue weighted by Crippen LogP contribution is 2.09. The Balaban J connectivity index is 3.12. The van der Waals surface area contributed by atoms with Gasteiger partial charge >= 0.3 is 0 Å². The quantitative estimate of drug-likeness (QED) is 0.367. The third-order valence-electron chi connectivity index (χ3n) is 1.33. The fourth-order valence-electron chi connectivity index (χ4n) is 0.780. The largest absolute Gasteiger partial charge is 0.359 e. The molecule has 3 heteroatoms. The van der Waals surface area contributed by atoms with E-state index in [1.165, 1.54) is 6.04 Å². The van der Waals surface area contributed by atoms with Gasteiger partial charge in [-0.05, 0) is 6.42 Å². The van der Waals surface area contributed by atoms with E-state index in [0.717, 1.165) is 19.4 Å². The molecule has 1 N–H and O–H groups in total. The van der Waals surface area contributed by atoms with E-state index < -0.39 is 8.07 Å². The molecule has 60 valence electrons. The summed E-state index contributed by atoms with van der Waals surface area (Å²) in [4.78, 5) is 9.83. The van der Waals surface area contributed by atoms with Crippen LogP contribution in [0.3, 0.4) is 0 Å². The second kappa shape index (κ2) is 4.49. The van der Waals surface area contributed by atoms with Crippen molar-refractivity contribution in [2.45, 2.75) is 32.1 Å². The van der Waals surface area contributed by atoms with Gasteiger partial charge in [-0.1, -0.05) is 25.7 Å². The van der Waals surface area contributed by atoms with Gasteiger partial charge in [0.1, 0.15) is 0 Å². The third-order valence-corrected chi connectivity index (χ3v) is 3.18. The van der Waals surface area contributed by atoms with E-state index in [1.807, 2.05) is 0 Å². The minimum atomic E-state index is -0.863. The number of carbonyl (C=O) groups is 1. The molecule has 0 unspecified atom stereocenters. The number of nitrogens with one attached hydrogen (secondary N) is 1. The lowest BCUT2D eigenvalue weighted by molar-refractivity contribution is -0.109. The Labute approximate surface area is 64.0 Å². The first-order valence-electron chi connectivity index (χ1n) is 3.73. The number of rotatable bonds is 5. The van der Waals surface area contributed by atoms with Crippen LogP contribution in [0, 0.1) is 0 Å². The summed E-state index contributed by atoms with van der Waals surface area (Å²) in [6.45, 7) is 7.86. The Kier molecular flexibility index (Phi) is 4.35. The first kappa shape index (κ1) is 9.69. The van der Waals surface area contributed by atoms with Crippen molar-refractivity contribution in [3.8, 4) is 0 Å². The first-order chi connectivity index (χ1) is 4.56. The van der Waals surface area contributed by atoms with Gasteiger partial charge in [0.25, 0.3) is 0 Å². The molecule has 0 spiro atoms. The van der Waals surface area contributed by atoms with E-state index in [-0.39, 0.29) is 0 Å². The van der Waals surface area contributed by atoms with Gasteiger partial charge < -0.3 is 5.32 Å². The third kappa shape index (κ3) is 7.69. The normalized spacial score (nSPS) is 11.1. The van der Waals surface area contributed by atoms with Crippen molar-refractivity contribution in [2.75, 3.05) is 6.54 Å². The smallest absolute Gasteiger partial charge is 0.207 e. The minimum absolute atomic E-state index is 0.768. The average Bonchev–Trinajstić information content (AvgIpc) is 1.78. The van der Waals surface area contributed by atoms with Gasteiger partial charge in [0, 0.05) is 14.6 Å². The predicted octanol–water partition coefficient (Wildman–Crippen LogP) is 1.46. The lowest BCUT2D eigenvalue weighted by atomic mass is 10.5. The van der Waals surface area contributed by atoms with Crippen LogP contribution >= 0.6 is 0 Å². The summed E-state index contributed by atoms with van der Waals surface area (Å²) in [6.07, 6.45) is 1.90.